The number of aryl methyl sites for hydroxylation is 1. The minimum atomic E-state index is -0.454. The van der Waals surface area contributed by atoms with Crippen LogP contribution in [0.1, 0.15) is 35.2 Å². The zero-order valence-electron chi connectivity index (χ0n) is 17.7. The molecule has 0 aliphatic carbocycles. The van der Waals surface area contributed by atoms with Crippen LogP contribution in [-0.2, 0) is 6.61 Å². The van der Waals surface area contributed by atoms with Crippen LogP contribution in [-0.4, -0.2) is 16.8 Å². The van der Waals surface area contributed by atoms with Crippen LogP contribution < -0.4 is 19.9 Å². The summed E-state index contributed by atoms with van der Waals surface area (Å²) in [7, 11) is 0. The Bertz CT molecular complexity index is 1300. The molecular weight excluding hydrogens is 578 g/mol. The van der Waals surface area contributed by atoms with Gasteiger partial charge in [-0.15, -0.1) is 5.10 Å². The number of H-pyrrole nitrogens is 1. The van der Waals surface area contributed by atoms with Gasteiger partial charge in [0.25, 0.3) is 0 Å². The maximum atomic E-state index is 9.82. The zero-order chi connectivity index (χ0) is 23.7. The Hall–Kier alpha value is -2.61. The summed E-state index contributed by atoms with van der Waals surface area (Å²) in [5, 5.41) is 18.0. The fraction of sp³-hybridized carbons (Fsp3) is 0.217. The number of nitrogens with one attached hydrogen (secondary N) is 1. The van der Waals surface area contributed by atoms with Crippen molar-refractivity contribution in [1.29, 1.82) is 5.26 Å². The number of hydrogen-bond acceptors (Lipinski definition) is 6. The third-order valence-electron chi connectivity index (χ3n) is 5.18. The maximum Gasteiger partial charge on any atom is 0.244 e. The first-order chi connectivity index (χ1) is 15.8. The number of aromatic nitrogens is 2. The number of hydrogen-bond donors (Lipinski definition) is 2. The van der Waals surface area contributed by atoms with Crippen LogP contribution in [0.25, 0.3) is 0 Å². The Labute approximate surface area is 214 Å². The number of nitrogens with two attached hydrogens (primary N) is 1. The van der Waals surface area contributed by atoms with Crippen molar-refractivity contribution in [2.24, 2.45) is 5.73 Å². The van der Waals surface area contributed by atoms with Gasteiger partial charge in [-0.3, -0.25) is 5.10 Å². The van der Waals surface area contributed by atoms with E-state index in [0.29, 0.717) is 39.6 Å². The number of halogens is 3. The molecule has 0 fully saturated rings. The van der Waals surface area contributed by atoms with Gasteiger partial charge in [-0.25, -0.2) is 0 Å². The lowest BCUT2D eigenvalue weighted by Gasteiger charge is -2.25. The zero-order valence-corrected chi connectivity index (χ0v) is 21.4. The molecule has 0 bridgehead atoms. The number of nitriles is 1. The summed E-state index contributed by atoms with van der Waals surface area (Å²) in [6, 6.07) is 11.3. The Morgan fingerprint density at radius 2 is 2.06 bits per heavy atom. The summed E-state index contributed by atoms with van der Waals surface area (Å²) < 4.78 is 18.4. The standard InChI is InChI=1S/C23H19Cl2IN4O3/c1-3-31-18-7-13(20-15(9-27)22(28)33-23-19(20)11(2)29-30-23)6-17(26)21(18)32-10-12-4-5-14(24)8-16(12)25/h4-8,20H,3,10,28H2,1-2H3,(H,29,30)/t20-/m1/s1. The molecule has 0 unspecified atom stereocenters. The van der Waals surface area contributed by atoms with Crippen LogP contribution in [0.3, 0.4) is 0 Å². The highest BCUT2D eigenvalue weighted by Crippen LogP contribution is 2.46. The van der Waals surface area contributed by atoms with Gasteiger partial charge in [0.1, 0.15) is 18.2 Å². The normalized spacial score (nSPS) is 15.0. The largest absolute Gasteiger partial charge is 0.490 e. The van der Waals surface area contributed by atoms with Crippen molar-refractivity contribution in [3.8, 4) is 23.4 Å². The van der Waals surface area contributed by atoms with E-state index < -0.39 is 5.92 Å². The monoisotopic (exact) mass is 596 g/mol. The van der Waals surface area contributed by atoms with Crippen LogP contribution in [0, 0.1) is 21.8 Å². The average Bonchev–Trinajstić information content (AvgIpc) is 3.13. The molecule has 33 heavy (non-hydrogen) atoms. The molecule has 3 aromatic rings. The molecule has 3 N–H and O–H groups in total. The summed E-state index contributed by atoms with van der Waals surface area (Å²) in [5.41, 5.74) is 9.53. The Morgan fingerprint density at radius 3 is 2.76 bits per heavy atom. The van der Waals surface area contributed by atoms with Crippen molar-refractivity contribution in [2.45, 2.75) is 26.4 Å². The maximum absolute atomic E-state index is 9.82. The van der Waals surface area contributed by atoms with Crippen molar-refractivity contribution in [2.75, 3.05) is 6.61 Å². The fourth-order valence-corrected chi connectivity index (χ4v) is 4.92. The minimum absolute atomic E-state index is 0.0344. The summed E-state index contributed by atoms with van der Waals surface area (Å²) in [6.45, 7) is 4.44. The van der Waals surface area contributed by atoms with E-state index in [1.54, 1.807) is 12.1 Å². The molecule has 0 spiro atoms. The van der Waals surface area contributed by atoms with Gasteiger partial charge < -0.3 is 19.9 Å². The van der Waals surface area contributed by atoms with Gasteiger partial charge in [-0.1, -0.05) is 29.3 Å². The van der Waals surface area contributed by atoms with Crippen molar-refractivity contribution < 1.29 is 14.2 Å². The molecule has 0 saturated heterocycles. The molecule has 170 valence electrons. The van der Waals surface area contributed by atoms with Crippen LogP contribution >= 0.6 is 45.8 Å². The first-order valence-electron chi connectivity index (χ1n) is 9.99. The quantitative estimate of drug-likeness (QED) is 0.347. The molecule has 0 amide bonds. The van der Waals surface area contributed by atoms with Gasteiger partial charge in [0, 0.05) is 26.9 Å². The molecule has 7 nitrogen and oxygen atoms in total. The topological polar surface area (TPSA) is 106 Å². The fourth-order valence-electron chi connectivity index (χ4n) is 3.68. The van der Waals surface area contributed by atoms with Gasteiger partial charge in [-0.05, 0) is 66.3 Å². The minimum Gasteiger partial charge on any atom is -0.490 e. The van der Waals surface area contributed by atoms with E-state index in [4.69, 9.17) is 43.1 Å². The highest BCUT2D eigenvalue weighted by molar-refractivity contribution is 14.1. The summed E-state index contributed by atoms with van der Waals surface area (Å²) >= 11 is 14.5. The SMILES string of the molecule is CCOc1cc([C@@H]2C(C#N)=C(N)Oc3n[nH]c(C)c32)cc(I)c1OCc1ccc(Cl)cc1Cl. The Kier molecular flexibility index (Phi) is 6.93. The average molecular weight is 597 g/mol. The molecule has 10 heteroatoms. The van der Waals surface area contributed by atoms with Gasteiger partial charge in [0.2, 0.25) is 11.8 Å². The third-order valence-corrected chi connectivity index (χ3v) is 6.57. The molecule has 0 radical (unpaired) electrons. The highest BCUT2D eigenvalue weighted by atomic mass is 127. The molecule has 2 heterocycles. The van der Waals surface area contributed by atoms with E-state index in [2.05, 4.69) is 38.9 Å². The second kappa shape index (κ2) is 9.71. The van der Waals surface area contributed by atoms with E-state index in [9.17, 15) is 5.26 Å². The Balaban J connectivity index is 1.76. The molecular formula is C23H19Cl2IN4O3. The van der Waals surface area contributed by atoms with E-state index in [0.717, 1.165) is 26.0 Å². The lowest BCUT2D eigenvalue weighted by molar-refractivity contribution is 0.267. The number of ether oxygens (including phenoxy) is 3. The number of aromatic amines is 1. The molecule has 2 aromatic carbocycles. The van der Waals surface area contributed by atoms with Gasteiger partial charge in [-0.2, -0.15) is 5.26 Å². The predicted molar refractivity (Wildman–Crippen MR) is 134 cm³/mol. The van der Waals surface area contributed by atoms with Crippen LogP contribution in [0.4, 0.5) is 0 Å². The lowest BCUT2D eigenvalue weighted by Crippen LogP contribution is -2.21. The molecule has 1 aromatic heterocycles. The first-order valence-corrected chi connectivity index (χ1v) is 11.8. The molecule has 1 atom stereocenters. The molecule has 1 aliphatic heterocycles. The van der Waals surface area contributed by atoms with Crippen molar-refractivity contribution >= 4 is 45.8 Å². The summed E-state index contributed by atoms with van der Waals surface area (Å²) in [5.74, 6) is 1.07. The van der Waals surface area contributed by atoms with Gasteiger partial charge in [0.05, 0.1) is 16.1 Å². The van der Waals surface area contributed by atoms with E-state index >= 15 is 0 Å². The smallest absolute Gasteiger partial charge is 0.244 e. The first kappa shape index (κ1) is 23.5. The van der Waals surface area contributed by atoms with Crippen molar-refractivity contribution in [3.63, 3.8) is 0 Å². The van der Waals surface area contributed by atoms with Crippen molar-refractivity contribution in [1.82, 2.24) is 10.2 Å². The summed E-state index contributed by atoms with van der Waals surface area (Å²) in [4.78, 5) is 0. The molecule has 4 rings (SSSR count). The number of benzene rings is 2. The lowest BCUT2D eigenvalue weighted by atomic mass is 9.84. The van der Waals surface area contributed by atoms with Crippen LogP contribution in [0.5, 0.6) is 17.4 Å². The second-order valence-electron chi connectivity index (χ2n) is 7.28. The molecule has 1 aliphatic rings. The van der Waals surface area contributed by atoms with Crippen molar-refractivity contribution in [3.05, 3.63) is 77.8 Å². The highest BCUT2D eigenvalue weighted by Gasteiger charge is 2.35. The van der Waals surface area contributed by atoms with Crippen LogP contribution in [0.15, 0.2) is 41.8 Å². The van der Waals surface area contributed by atoms with Crippen LogP contribution in [0.2, 0.25) is 10.0 Å². The van der Waals surface area contributed by atoms with E-state index in [1.807, 2.05) is 32.0 Å². The molecule has 0 saturated carbocycles. The number of allylic oxidation sites excluding steroid dienone is 1. The summed E-state index contributed by atoms with van der Waals surface area (Å²) in [6.07, 6.45) is 0. The number of nitrogens with zero attached hydrogens (tertiary/aromatic N) is 2. The number of rotatable bonds is 6. The number of fused-ring (bicyclic) bond motifs is 1. The predicted octanol–water partition coefficient (Wildman–Crippen LogP) is 5.83. The second-order valence-corrected chi connectivity index (χ2v) is 9.29. The van der Waals surface area contributed by atoms with E-state index in [1.165, 1.54) is 0 Å². The third kappa shape index (κ3) is 4.58. The van der Waals surface area contributed by atoms with Gasteiger partial charge in [0.15, 0.2) is 11.5 Å². The van der Waals surface area contributed by atoms with Gasteiger partial charge >= 0.3 is 0 Å². The Morgan fingerprint density at radius 1 is 1.27 bits per heavy atom. The van der Waals surface area contributed by atoms with E-state index in [-0.39, 0.29) is 12.5 Å².